The quantitative estimate of drug-likeness (QED) is 0.432. The van der Waals surface area contributed by atoms with Crippen molar-refractivity contribution in [1.82, 2.24) is 15.1 Å². The standard InChI is InChI=1S/C25H24N4O3S/c1-18-24(19(2)29(27-18)22-12-5-3-6-13-22)17-26-25(30)20-10-9-11-21(16-20)28-33(31,32)23-14-7-4-8-15-23/h3-16,28H,17H2,1-2H3,(H,26,30). The first-order valence-corrected chi connectivity index (χ1v) is 11.9. The summed E-state index contributed by atoms with van der Waals surface area (Å²) >= 11 is 0. The van der Waals surface area contributed by atoms with Gasteiger partial charge in [0.25, 0.3) is 15.9 Å². The van der Waals surface area contributed by atoms with Crippen molar-refractivity contribution in [2.75, 3.05) is 4.72 Å². The Morgan fingerprint density at radius 2 is 1.58 bits per heavy atom. The number of amides is 1. The normalized spacial score (nSPS) is 11.2. The van der Waals surface area contributed by atoms with Gasteiger partial charge in [-0.15, -0.1) is 0 Å². The summed E-state index contributed by atoms with van der Waals surface area (Å²) in [5.74, 6) is -0.304. The minimum atomic E-state index is -3.74. The molecule has 1 amide bonds. The molecule has 0 aliphatic rings. The van der Waals surface area contributed by atoms with Crippen LogP contribution in [0.15, 0.2) is 89.8 Å². The second-order valence-electron chi connectivity index (χ2n) is 7.58. The van der Waals surface area contributed by atoms with Crippen molar-refractivity contribution in [3.05, 3.63) is 107 Å². The summed E-state index contributed by atoms with van der Waals surface area (Å²) in [6, 6.07) is 24.3. The Balaban J connectivity index is 1.48. The fraction of sp³-hybridized carbons (Fsp3) is 0.120. The third-order valence-corrected chi connectivity index (χ3v) is 6.70. The Bertz CT molecular complexity index is 1380. The molecule has 0 aliphatic heterocycles. The monoisotopic (exact) mass is 460 g/mol. The molecular formula is C25H24N4O3S. The van der Waals surface area contributed by atoms with Crippen molar-refractivity contribution >= 4 is 21.6 Å². The molecule has 0 saturated carbocycles. The molecule has 1 aromatic heterocycles. The molecule has 2 N–H and O–H groups in total. The summed E-state index contributed by atoms with van der Waals surface area (Å²) in [7, 11) is -3.74. The zero-order valence-electron chi connectivity index (χ0n) is 18.3. The van der Waals surface area contributed by atoms with E-state index in [0.717, 1.165) is 22.6 Å². The van der Waals surface area contributed by atoms with Crippen LogP contribution in [0.1, 0.15) is 27.3 Å². The maximum Gasteiger partial charge on any atom is 0.261 e. The highest BCUT2D eigenvalue weighted by Gasteiger charge is 2.16. The van der Waals surface area contributed by atoms with Crippen molar-refractivity contribution in [1.29, 1.82) is 0 Å². The van der Waals surface area contributed by atoms with E-state index in [1.54, 1.807) is 36.4 Å². The lowest BCUT2D eigenvalue weighted by Gasteiger charge is -2.10. The minimum Gasteiger partial charge on any atom is -0.348 e. The maximum atomic E-state index is 12.8. The van der Waals surface area contributed by atoms with Gasteiger partial charge >= 0.3 is 0 Å². The highest BCUT2D eigenvalue weighted by atomic mass is 32.2. The average Bonchev–Trinajstić information content (AvgIpc) is 3.11. The molecule has 4 rings (SSSR count). The number of para-hydroxylation sites is 1. The largest absolute Gasteiger partial charge is 0.348 e. The maximum absolute atomic E-state index is 12.8. The van der Waals surface area contributed by atoms with Crippen LogP contribution >= 0.6 is 0 Å². The van der Waals surface area contributed by atoms with Crippen LogP contribution in [0.25, 0.3) is 5.69 Å². The van der Waals surface area contributed by atoms with Gasteiger partial charge in [0.1, 0.15) is 0 Å². The Morgan fingerprint density at radius 3 is 2.27 bits per heavy atom. The molecule has 7 nitrogen and oxygen atoms in total. The van der Waals surface area contributed by atoms with Gasteiger partial charge in [-0.2, -0.15) is 5.10 Å². The molecule has 0 fully saturated rings. The lowest BCUT2D eigenvalue weighted by molar-refractivity contribution is 0.0951. The van der Waals surface area contributed by atoms with Gasteiger partial charge in [0, 0.05) is 29.1 Å². The molecule has 1 heterocycles. The van der Waals surface area contributed by atoms with Crippen LogP contribution in [-0.2, 0) is 16.6 Å². The number of hydrogen-bond acceptors (Lipinski definition) is 4. The first-order chi connectivity index (χ1) is 15.8. The number of aryl methyl sites for hydroxylation is 1. The molecule has 0 unspecified atom stereocenters. The van der Waals surface area contributed by atoms with Crippen LogP contribution in [0.3, 0.4) is 0 Å². The van der Waals surface area contributed by atoms with Crippen molar-refractivity contribution < 1.29 is 13.2 Å². The summed E-state index contributed by atoms with van der Waals surface area (Å²) in [5, 5.41) is 7.52. The number of aromatic nitrogens is 2. The predicted molar refractivity (Wildman–Crippen MR) is 128 cm³/mol. The molecule has 0 bridgehead atoms. The second-order valence-corrected chi connectivity index (χ2v) is 9.26. The van der Waals surface area contributed by atoms with Crippen molar-refractivity contribution in [3.63, 3.8) is 0 Å². The second kappa shape index (κ2) is 9.30. The van der Waals surface area contributed by atoms with E-state index in [-0.39, 0.29) is 10.8 Å². The smallest absolute Gasteiger partial charge is 0.261 e. The predicted octanol–water partition coefficient (Wildman–Crippen LogP) is 4.22. The number of hydrogen-bond donors (Lipinski definition) is 2. The lowest BCUT2D eigenvalue weighted by Crippen LogP contribution is -2.23. The Hall–Kier alpha value is -3.91. The third kappa shape index (κ3) is 4.96. The van der Waals surface area contributed by atoms with E-state index in [9.17, 15) is 13.2 Å². The molecule has 0 saturated heterocycles. The minimum absolute atomic E-state index is 0.154. The molecule has 4 aromatic rings. The summed E-state index contributed by atoms with van der Waals surface area (Å²) in [5.41, 5.74) is 4.34. The summed E-state index contributed by atoms with van der Waals surface area (Å²) in [6.45, 7) is 4.18. The van der Waals surface area contributed by atoms with Crippen LogP contribution in [0.4, 0.5) is 5.69 Å². The molecule has 0 spiro atoms. The lowest BCUT2D eigenvalue weighted by atomic mass is 10.1. The third-order valence-electron chi connectivity index (χ3n) is 5.30. The van der Waals surface area contributed by atoms with Crippen LogP contribution in [-0.4, -0.2) is 24.1 Å². The van der Waals surface area contributed by atoms with Gasteiger partial charge in [-0.25, -0.2) is 13.1 Å². The summed E-state index contributed by atoms with van der Waals surface area (Å²) < 4.78 is 29.5. The van der Waals surface area contributed by atoms with Crippen molar-refractivity contribution in [2.45, 2.75) is 25.3 Å². The highest BCUT2D eigenvalue weighted by Crippen LogP contribution is 2.19. The van der Waals surface area contributed by atoms with Gasteiger partial charge < -0.3 is 5.32 Å². The number of sulfonamides is 1. The van der Waals surface area contributed by atoms with Crippen LogP contribution in [0.2, 0.25) is 0 Å². The van der Waals surface area contributed by atoms with E-state index in [2.05, 4.69) is 15.1 Å². The van der Waals surface area contributed by atoms with E-state index < -0.39 is 10.0 Å². The molecule has 168 valence electrons. The van der Waals surface area contributed by atoms with Gasteiger partial charge in [0.15, 0.2) is 0 Å². The fourth-order valence-electron chi connectivity index (χ4n) is 3.56. The van der Waals surface area contributed by atoms with Crippen LogP contribution in [0, 0.1) is 13.8 Å². The molecule has 3 aromatic carbocycles. The van der Waals surface area contributed by atoms with Gasteiger partial charge in [-0.1, -0.05) is 42.5 Å². The number of carbonyl (C=O) groups is 1. The topological polar surface area (TPSA) is 93.1 Å². The van der Waals surface area contributed by atoms with Gasteiger partial charge in [-0.05, 0) is 56.3 Å². The first-order valence-electron chi connectivity index (χ1n) is 10.4. The molecule has 0 radical (unpaired) electrons. The summed E-state index contributed by atoms with van der Waals surface area (Å²) in [6.07, 6.45) is 0. The average molecular weight is 461 g/mol. The Kier molecular flexibility index (Phi) is 6.28. The fourth-order valence-corrected chi connectivity index (χ4v) is 4.63. The number of rotatable bonds is 7. The molecule has 0 aliphatic carbocycles. The van der Waals surface area contributed by atoms with Crippen molar-refractivity contribution in [2.24, 2.45) is 0 Å². The number of nitrogens with one attached hydrogen (secondary N) is 2. The molecule has 8 heteroatoms. The number of nitrogens with zero attached hydrogens (tertiary/aromatic N) is 2. The van der Waals surface area contributed by atoms with E-state index in [1.165, 1.54) is 18.2 Å². The number of carbonyl (C=O) groups excluding carboxylic acids is 1. The zero-order chi connectivity index (χ0) is 23.4. The summed E-state index contributed by atoms with van der Waals surface area (Å²) in [4.78, 5) is 12.9. The van der Waals surface area contributed by atoms with E-state index in [0.29, 0.717) is 17.8 Å². The SMILES string of the molecule is Cc1nn(-c2ccccc2)c(C)c1CNC(=O)c1cccc(NS(=O)(=O)c2ccccc2)c1. The van der Waals surface area contributed by atoms with Crippen molar-refractivity contribution in [3.8, 4) is 5.69 Å². The number of benzene rings is 3. The van der Waals surface area contributed by atoms with E-state index in [1.807, 2.05) is 48.9 Å². The van der Waals surface area contributed by atoms with Gasteiger partial charge in [-0.3, -0.25) is 9.52 Å². The van der Waals surface area contributed by atoms with Gasteiger partial charge in [0.05, 0.1) is 16.3 Å². The Labute approximate surface area is 193 Å². The highest BCUT2D eigenvalue weighted by molar-refractivity contribution is 7.92. The van der Waals surface area contributed by atoms with E-state index >= 15 is 0 Å². The molecule has 33 heavy (non-hydrogen) atoms. The molecular weight excluding hydrogens is 436 g/mol. The first kappa shape index (κ1) is 22.3. The van der Waals surface area contributed by atoms with Crippen LogP contribution < -0.4 is 10.0 Å². The van der Waals surface area contributed by atoms with Gasteiger partial charge in [0.2, 0.25) is 0 Å². The molecule has 0 atom stereocenters. The number of anilines is 1. The Morgan fingerprint density at radius 1 is 0.909 bits per heavy atom. The van der Waals surface area contributed by atoms with E-state index in [4.69, 9.17) is 0 Å². The zero-order valence-corrected chi connectivity index (χ0v) is 19.1. The van der Waals surface area contributed by atoms with Crippen LogP contribution in [0.5, 0.6) is 0 Å².